The molecule has 0 spiro atoms. The van der Waals surface area contributed by atoms with Crippen LogP contribution in [0.2, 0.25) is 5.02 Å². The fourth-order valence-electron chi connectivity index (χ4n) is 6.55. The summed E-state index contributed by atoms with van der Waals surface area (Å²) in [5.74, 6) is 0.380. The highest BCUT2D eigenvalue weighted by atomic mass is 35.5. The number of rotatable bonds is 10. The molecule has 51 heavy (non-hydrogen) atoms. The van der Waals surface area contributed by atoms with Crippen LogP contribution in [0.15, 0.2) is 103 Å². The van der Waals surface area contributed by atoms with E-state index in [4.69, 9.17) is 16.3 Å². The van der Waals surface area contributed by atoms with Crippen LogP contribution in [-0.2, 0) is 11.3 Å². The van der Waals surface area contributed by atoms with Crippen molar-refractivity contribution in [2.75, 3.05) is 11.9 Å². The van der Waals surface area contributed by atoms with Crippen LogP contribution < -0.4 is 16.0 Å². The number of benzene rings is 5. The van der Waals surface area contributed by atoms with Gasteiger partial charge in [-0.3, -0.25) is 4.79 Å². The topological polar surface area (TPSA) is 97.3 Å². The Bertz CT molecular complexity index is 2190. The Morgan fingerprint density at radius 1 is 0.882 bits per heavy atom. The smallest absolute Gasteiger partial charge is 0.407 e. The standard InChI is InChI=1S/C42H42ClN5O3/c1-26-21-36(48(47-26)31-14-9-11-28(22-31)25-45-41(50)51-42(2,3)4)40(49)46-30-13-10-12-29(23-30)39(44-24-27-19-20-27)37-32-15-5-7-17-34(32)38(43)35-18-8-6-16-33(35)37/h5-18,21-23,27,39,44H,19-20,24-25H2,1-4H3,(H,45,50)(H,46,49). The van der Waals surface area contributed by atoms with Crippen LogP contribution in [0.4, 0.5) is 10.5 Å². The van der Waals surface area contributed by atoms with Gasteiger partial charge in [0.1, 0.15) is 11.3 Å². The van der Waals surface area contributed by atoms with E-state index in [9.17, 15) is 9.59 Å². The molecule has 1 heterocycles. The summed E-state index contributed by atoms with van der Waals surface area (Å²) in [6.07, 6.45) is 1.97. The van der Waals surface area contributed by atoms with Gasteiger partial charge in [0.25, 0.3) is 5.91 Å². The maximum absolute atomic E-state index is 13.9. The molecule has 0 aliphatic heterocycles. The van der Waals surface area contributed by atoms with Gasteiger partial charge in [-0.25, -0.2) is 9.48 Å². The Hall–Kier alpha value is -5.18. The molecule has 2 amide bonds. The zero-order valence-corrected chi connectivity index (χ0v) is 30.1. The summed E-state index contributed by atoms with van der Waals surface area (Å²) >= 11 is 7.00. The van der Waals surface area contributed by atoms with Gasteiger partial charge in [-0.1, -0.05) is 84.4 Å². The first-order valence-electron chi connectivity index (χ1n) is 17.4. The summed E-state index contributed by atoms with van der Waals surface area (Å²) in [4.78, 5) is 26.2. The van der Waals surface area contributed by atoms with Crippen LogP contribution in [0.5, 0.6) is 0 Å². The summed E-state index contributed by atoms with van der Waals surface area (Å²) in [5.41, 5.74) is 4.95. The summed E-state index contributed by atoms with van der Waals surface area (Å²) in [6.45, 7) is 8.50. The average Bonchev–Trinajstić information content (AvgIpc) is 3.86. The SMILES string of the molecule is Cc1cc(C(=O)Nc2cccc(C(NCC3CC3)c3c4ccccc4c(Cl)c4ccccc34)c2)n(-c2cccc(CNC(=O)OC(C)(C)C)c2)n1. The van der Waals surface area contributed by atoms with E-state index in [0.29, 0.717) is 28.7 Å². The minimum atomic E-state index is -0.590. The average molecular weight is 700 g/mol. The molecule has 1 saturated carbocycles. The van der Waals surface area contributed by atoms with E-state index < -0.39 is 11.7 Å². The van der Waals surface area contributed by atoms with E-state index in [1.807, 2.05) is 76.2 Å². The Morgan fingerprint density at radius 3 is 2.22 bits per heavy atom. The van der Waals surface area contributed by atoms with Crippen molar-refractivity contribution in [2.45, 2.75) is 58.7 Å². The van der Waals surface area contributed by atoms with Gasteiger partial charge in [-0.2, -0.15) is 5.10 Å². The molecule has 7 rings (SSSR count). The molecule has 5 aromatic carbocycles. The van der Waals surface area contributed by atoms with E-state index in [2.05, 4.69) is 69.6 Å². The molecule has 0 saturated heterocycles. The van der Waals surface area contributed by atoms with Gasteiger partial charge in [0.2, 0.25) is 0 Å². The Kier molecular flexibility index (Phi) is 9.55. The van der Waals surface area contributed by atoms with Crippen molar-refractivity contribution in [3.63, 3.8) is 0 Å². The molecule has 0 radical (unpaired) electrons. The van der Waals surface area contributed by atoms with Crippen LogP contribution >= 0.6 is 11.6 Å². The van der Waals surface area contributed by atoms with Crippen molar-refractivity contribution in [1.29, 1.82) is 0 Å². The third kappa shape index (κ3) is 7.77. The van der Waals surface area contributed by atoms with Crippen molar-refractivity contribution >= 4 is 50.8 Å². The fourth-order valence-corrected chi connectivity index (χ4v) is 6.88. The number of carbonyl (C=O) groups is 2. The number of amides is 2. The molecule has 1 fully saturated rings. The number of nitrogens with zero attached hydrogens (tertiary/aromatic N) is 2. The predicted octanol–water partition coefficient (Wildman–Crippen LogP) is 9.51. The molecular formula is C42H42ClN5O3. The number of aromatic nitrogens is 2. The number of hydrogen-bond acceptors (Lipinski definition) is 5. The molecule has 3 N–H and O–H groups in total. The van der Waals surface area contributed by atoms with Gasteiger partial charge in [0.05, 0.1) is 22.4 Å². The van der Waals surface area contributed by atoms with Crippen molar-refractivity contribution in [3.8, 4) is 5.69 Å². The third-order valence-corrected chi connectivity index (χ3v) is 9.44. The van der Waals surface area contributed by atoms with Crippen LogP contribution in [0.1, 0.15) is 72.5 Å². The molecule has 1 unspecified atom stereocenters. The van der Waals surface area contributed by atoms with Gasteiger partial charge in [-0.05, 0) is 111 Å². The largest absolute Gasteiger partial charge is 0.444 e. The molecule has 0 bridgehead atoms. The van der Waals surface area contributed by atoms with Crippen molar-refractivity contribution in [3.05, 3.63) is 136 Å². The van der Waals surface area contributed by atoms with Crippen LogP contribution in [-0.4, -0.2) is 33.9 Å². The van der Waals surface area contributed by atoms with E-state index >= 15 is 0 Å². The van der Waals surface area contributed by atoms with Crippen molar-refractivity contribution in [2.24, 2.45) is 5.92 Å². The monoisotopic (exact) mass is 699 g/mol. The van der Waals surface area contributed by atoms with E-state index in [-0.39, 0.29) is 18.5 Å². The molecule has 1 atom stereocenters. The third-order valence-electron chi connectivity index (χ3n) is 9.04. The number of nitrogens with one attached hydrogen (secondary N) is 3. The zero-order chi connectivity index (χ0) is 35.7. The first kappa shape index (κ1) is 34.3. The number of hydrogen-bond donors (Lipinski definition) is 3. The number of carbonyl (C=O) groups excluding carboxylic acids is 2. The highest BCUT2D eigenvalue weighted by Crippen LogP contribution is 2.41. The molecule has 1 aliphatic carbocycles. The second-order valence-corrected chi connectivity index (χ2v) is 14.7. The van der Waals surface area contributed by atoms with Crippen LogP contribution in [0.25, 0.3) is 27.2 Å². The number of aryl methyl sites for hydroxylation is 1. The zero-order valence-electron chi connectivity index (χ0n) is 29.3. The summed E-state index contributed by atoms with van der Waals surface area (Å²) in [6, 6.07) is 33.9. The summed E-state index contributed by atoms with van der Waals surface area (Å²) < 4.78 is 7.01. The molecule has 260 valence electrons. The molecule has 8 nitrogen and oxygen atoms in total. The number of ether oxygens (including phenoxy) is 1. The number of alkyl carbamates (subject to hydrolysis) is 1. The molecule has 1 aromatic heterocycles. The lowest BCUT2D eigenvalue weighted by molar-refractivity contribution is 0.0523. The molecule has 9 heteroatoms. The summed E-state index contributed by atoms with van der Waals surface area (Å²) in [7, 11) is 0. The number of anilines is 1. The minimum Gasteiger partial charge on any atom is -0.444 e. The lowest BCUT2D eigenvalue weighted by Crippen LogP contribution is -2.32. The Balaban J connectivity index is 1.18. The molecule has 6 aromatic rings. The highest BCUT2D eigenvalue weighted by molar-refractivity contribution is 6.41. The Morgan fingerprint density at radius 2 is 1.55 bits per heavy atom. The molecular weight excluding hydrogens is 658 g/mol. The van der Waals surface area contributed by atoms with E-state index in [1.54, 1.807) is 10.7 Å². The van der Waals surface area contributed by atoms with Crippen LogP contribution in [0, 0.1) is 12.8 Å². The number of halogens is 1. The second kappa shape index (κ2) is 14.2. The number of fused-ring (bicyclic) bond motifs is 2. The maximum Gasteiger partial charge on any atom is 0.407 e. The van der Waals surface area contributed by atoms with Crippen molar-refractivity contribution < 1.29 is 14.3 Å². The highest BCUT2D eigenvalue weighted by Gasteiger charge is 2.27. The lowest BCUT2D eigenvalue weighted by atomic mass is 9.88. The van der Waals surface area contributed by atoms with E-state index in [0.717, 1.165) is 44.2 Å². The quantitative estimate of drug-likeness (QED) is 0.124. The van der Waals surface area contributed by atoms with Crippen molar-refractivity contribution in [1.82, 2.24) is 20.4 Å². The van der Waals surface area contributed by atoms with Gasteiger partial charge in [0.15, 0.2) is 0 Å². The Labute approximate surface area is 303 Å². The fraction of sp³-hybridized carbons (Fsp3) is 0.262. The predicted molar refractivity (Wildman–Crippen MR) is 205 cm³/mol. The first-order valence-corrected chi connectivity index (χ1v) is 17.8. The van der Waals surface area contributed by atoms with Gasteiger partial charge >= 0.3 is 6.09 Å². The van der Waals surface area contributed by atoms with Gasteiger partial charge < -0.3 is 20.7 Å². The van der Waals surface area contributed by atoms with Gasteiger partial charge in [-0.15, -0.1) is 0 Å². The van der Waals surface area contributed by atoms with Crippen LogP contribution in [0.3, 0.4) is 0 Å². The van der Waals surface area contributed by atoms with E-state index in [1.165, 1.54) is 18.4 Å². The normalized spacial score (nSPS) is 13.7. The summed E-state index contributed by atoms with van der Waals surface area (Å²) in [5, 5.41) is 19.5. The minimum absolute atomic E-state index is 0.140. The van der Waals surface area contributed by atoms with Gasteiger partial charge in [0, 0.05) is 23.0 Å². The molecule has 1 aliphatic rings. The lowest BCUT2D eigenvalue weighted by Gasteiger charge is -2.25. The second-order valence-electron chi connectivity index (χ2n) is 14.3. The maximum atomic E-state index is 13.9. The first-order chi connectivity index (χ1) is 24.5.